The van der Waals surface area contributed by atoms with Crippen LogP contribution >= 0.6 is 0 Å². The van der Waals surface area contributed by atoms with E-state index in [9.17, 15) is 4.79 Å². The van der Waals surface area contributed by atoms with E-state index in [2.05, 4.69) is 32.2 Å². The molecule has 188 valence electrons. The molecule has 2 saturated heterocycles. The highest BCUT2D eigenvalue weighted by atomic mass is 16.6. The first-order valence-electron chi connectivity index (χ1n) is 12.2. The van der Waals surface area contributed by atoms with Gasteiger partial charge in [-0.2, -0.15) is 0 Å². The summed E-state index contributed by atoms with van der Waals surface area (Å²) in [6.07, 6.45) is 4.17. The molecule has 1 aliphatic carbocycles. The van der Waals surface area contributed by atoms with Crippen LogP contribution in [0.5, 0.6) is 5.75 Å². The predicted octanol–water partition coefficient (Wildman–Crippen LogP) is 4.34. The van der Waals surface area contributed by atoms with Crippen molar-refractivity contribution in [1.82, 2.24) is 0 Å². The molecule has 1 saturated carbocycles. The third kappa shape index (κ3) is 4.83. The fourth-order valence-corrected chi connectivity index (χ4v) is 5.83. The van der Waals surface area contributed by atoms with Gasteiger partial charge in [0.2, 0.25) is 0 Å². The molecule has 2 aliphatic heterocycles. The summed E-state index contributed by atoms with van der Waals surface area (Å²) in [4.78, 5) is 12.8. The van der Waals surface area contributed by atoms with Gasteiger partial charge in [-0.1, -0.05) is 11.6 Å². The Bertz CT molecular complexity index is 927. The van der Waals surface area contributed by atoms with Gasteiger partial charge in [-0.05, 0) is 77.1 Å². The van der Waals surface area contributed by atoms with E-state index < -0.39 is 0 Å². The van der Waals surface area contributed by atoms with Crippen molar-refractivity contribution < 1.29 is 28.5 Å². The lowest BCUT2D eigenvalue weighted by Gasteiger charge is -2.42. The quantitative estimate of drug-likeness (QED) is 0.324. The van der Waals surface area contributed by atoms with Gasteiger partial charge in [0, 0.05) is 12.8 Å². The second kappa shape index (κ2) is 9.51. The second-order valence-corrected chi connectivity index (χ2v) is 10.4. The molecule has 4 rings (SSSR count). The molecule has 7 heteroatoms. The number of epoxide rings is 2. The Morgan fingerprint density at radius 3 is 2.47 bits per heavy atom. The van der Waals surface area contributed by atoms with E-state index in [1.165, 1.54) is 5.57 Å². The van der Waals surface area contributed by atoms with E-state index in [1.54, 1.807) is 14.2 Å². The van der Waals surface area contributed by atoms with Crippen LogP contribution in [0.15, 0.2) is 23.8 Å². The van der Waals surface area contributed by atoms with Crippen molar-refractivity contribution in [2.24, 2.45) is 5.92 Å². The number of allylic oxidation sites excluding steroid dienone is 1. The van der Waals surface area contributed by atoms with Crippen LogP contribution in [0.25, 0.3) is 0 Å². The van der Waals surface area contributed by atoms with Gasteiger partial charge in [0.25, 0.3) is 0 Å². The Balaban J connectivity index is 1.40. The van der Waals surface area contributed by atoms with Gasteiger partial charge in [0.15, 0.2) is 0 Å². The maximum absolute atomic E-state index is 12.8. The highest BCUT2D eigenvalue weighted by Gasteiger charge is 2.72. The zero-order chi connectivity index (χ0) is 24.7. The normalized spacial score (nSPS) is 33.9. The average molecular weight is 474 g/mol. The van der Waals surface area contributed by atoms with Crippen LogP contribution in [0, 0.1) is 19.8 Å². The SMILES string of the molecule is COc1c(C)cc(NCC(=O)O[C@@H]2CC[C@]3(CO3)[C@@H]([C@@]3(C)OC3CC=C(C)C)[C@@H]2OC)cc1C. The first-order valence-corrected chi connectivity index (χ1v) is 12.2. The summed E-state index contributed by atoms with van der Waals surface area (Å²) >= 11 is 0. The molecule has 3 fully saturated rings. The number of esters is 1. The van der Waals surface area contributed by atoms with Crippen LogP contribution in [-0.2, 0) is 23.7 Å². The number of aryl methyl sites for hydroxylation is 2. The summed E-state index contributed by atoms with van der Waals surface area (Å²) < 4.78 is 29.6. The summed E-state index contributed by atoms with van der Waals surface area (Å²) in [6, 6.07) is 3.94. The van der Waals surface area contributed by atoms with Crippen LogP contribution in [-0.4, -0.2) is 62.9 Å². The van der Waals surface area contributed by atoms with Gasteiger partial charge in [0.05, 0.1) is 25.7 Å². The lowest BCUT2D eigenvalue weighted by Crippen LogP contribution is -2.55. The third-order valence-electron chi connectivity index (χ3n) is 7.62. The fourth-order valence-electron chi connectivity index (χ4n) is 5.83. The van der Waals surface area contributed by atoms with E-state index in [1.807, 2.05) is 26.0 Å². The van der Waals surface area contributed by atoms with Crippen LogP contribution in [0.1, 0.15) is 51.2 Å². The van der Waals surface area contributed by atoms with Gasteiger partial charge in [-0.3, -0.25) is 4.79 Å². The van der Waals surface area contributed by atoms with Crippen molar-refractivity contribution in [1.29, 1.82) is 0 Å². The summed E-state index contributed by atoms with van der Waals surface area (Å²) in [7, 11) is 3.36. The smallest absolute Gasteiger partial charge is 0.325 e. The Kier molecular flexibility index (Phi) is 7.00. The molecule has 0 radical (unpaired) electrons. The number of anilines is 1. The Morgan fingerprint density at radius 1 is 1.24 bits per heavy atom. The monoisotopic (exact) mass is 473 g/mol. The maximum atomic E-state index is 12.8. The molecule has 6 atom stereocenters. The minimum absolute atomic E-state index is 0.0203. The summed E-state index contributed by atoms with van der Waals surface area (Å²) in [5, 5.41) is 3.19. The maximum Gasteiger partial charge on any atom is 0.325 e. The van der Waals surface area contributed by atoms with Gasteiger partial charge >= 0.3 is 5.97 Å². The number of ether oxygens (including phenoxy) is 5. The van der Waals surface area contributed by atoms with Crippen molar-refractivity contribution in [3.05, 3.63) is 34.9 Å². The number of hydrogen-bond acceptors (Lipinski definition) is 7. The number of hydrogen-bond donors (Lipinski definition) is 1. The minimum atomic E-state index is -0.343. The van der Waals surface area contributed by atoms with E-state index in [4.69, 9.17) is 23.7 Å². The van der Waals surface area contributed by atoms with Crippen LogP contribution in [0.4, 0.5) is 5.69 Å². The second-order valence-electron chi connectivity index (χ2n) is 10.4. The molecule has 0 bridgehead atoms. The summed E-state index contributed by atoms with van der Waals surface area (Å²) in [6.45, 7) is 11.1. The largest absolute Gasteiger partial charge is 0.496 e. The molecular formula is C27H39NO6. The number of carbonyl (C=O) groups excluding carboxylic acids is 1. The molecule has 0 aromatic heterocycles. The van der Waals surface area contributed by atoms with Crippen molar-refractivity contribution in [2.75, 3.05) is 32.7 Å². The van der Waals surface area contributed by atoms with E-state index in [0.29, 0.717) is 6.61 Å². The molecule has 1 aromatic carbocycles. The third-order valence-corrected chi connectivity index (χ3v) is 7.62. The Morgan fingerprint density at radius 2 is 1.91 bits per heavy atom. The Hall–Kier alpha value is -2.09. The summed E-state index contributed by atoms with van der Waals surface area (Å²) in [5.74, 6) is 0.582. The molecule has 34 heavy (non-hydrogen) atoms. The van der Waals surface area contributed by atoms with Gasteiger partial charge in [-0.25, -0.2) is 0 Å². The minimum Gasteiger partial charge on any atom is -0.496 e. The van der Waals surface area contributed by atoms with Gasteiger partial charge < -0.3 is 29.0 Å². The van der Waals surface area contributed by atoms with E-state index in [-0.39, 0.29) is 47.9 Å². The predicted molar refractivity (Wildman–Crippen MR) is 130 cm³/mol. The van der Waals surface area contributed by atoms with Gasteiger partial charge in [-0.15, -0.1) is 0 Å². The molecule has 0 amide bonds. The number of carbonyl (C=O) groups is 1. The number of methoxy groups -OCH3 is 2. The molecule has 1 aromatic rings. The van der Waals surface area contributed by atoms with Crippen LogP contribution in [0.3, 0.4) is 0 Å². The highest BCUT2D eigenvalue weighted by Crippen LogP contribution is 2.59. The Labute approximate surface area is 203 Å². The van der Waals surface area contributed by atoms with E-state index in [0.717, 1.165) is 41.8 Å². The fraction of sp³-hybridized carbons (Fsp3) is 0.667. The van der Waals surface area contributed by atoms with Crippen LogP contribution < -0.4 is 10.1 Å². The molecule has 1 unspecified atom stereocenters. The van der Waals surface area contributed by atoms with Crippen molar-refractivity contribution >= 4 is 11.7 Å². The standard InChI is InChI=1S/C27H39NO6/c1-16(2)8-9-21-26(5,34-21)25-24(31-7)20(10-11-27(25)15-32-27)33-22(29)14-28-19-12-17(3)23(30-6)18(4)13-19/h8,12-13,20-21,24-25,28H,9-11,14-15H2,1-7H3/t20-,21?,24-,25-,26+,27+/m1/s1. The lowest BCUT2D eigenvalue weighted by atomic mass is 9.68. The zero-order valence-corrected chi connectivity index (χ0v) is 21.5. The topological polar surface area (TPSA) is 81.9 Å². The zero-order valence-electron chi connectivity index (χ0n) is 21.5. The van der Waals surface area contributed by atoms with Crippen molar-refractivity contribution in [3.8, 4) is 5.75 Å². The molecule has 7 nitrogen and oxygen atoms in total. The van der Waals surface area contributed by atoms with Crippen molar-refractivity contribution in [3.63, 3.8) is 0 Å². The first-order chi connectivity index (χ1) is 16.1. The average Bonchev–Trinajstić information content (AvgIpc) is 3.69. The van der Waals surface area contributed by atoms with Crippen molar-refractivity contribution in [2.45, 2.75) is 83.4 Å². The van der Waals surface area contributed by atoms with E-state index >= 15 is 0 Å². The molecule has 2 heterocycles. The number of nitrogens with one attached hydrogen (secondary N) is 1. The molecule has 3 aliphatic rings. The first kappa shape index (κ1) is 25.0. The summed E-state index contributed by atoms with van der Waals surface area (Å²) in [5.41, 5.74) is 3.61. The number of benzene rings is 1. The van der Waals surface area contributed by atoms with Crippen LogP contribution in [0.2, 0.25) is 0 Å². The highest BCUT2D eigenvalue weighted by molar-refractivity contribution is 5.75. The van der Waals surface area contributed by atoms with Gasteiger partial charge in [0.1, 0.15) is 35.7 Å². The molecule has 1 spiro atoms. The lowest BCUT2D eigenvalue weighted by molar-refractivity contribution is -0.170. The molecule has 1 N–H and O–H groups in total. The number of rotatable bonds is 9. The molecular weight excluding hydrogens is 434 g/mol.